The van der Waals surface area contributed by atoms with Crippen LogP contribution in [0.4, 0.5) is 11.4 Å². The molecule has 4 heterocycles. The molecule has 0 radical (unpaired) electrons. The zero-order valence-corrected chi connectivity index (χ0v) is 22.0. The van der Waals surface area contributed by atoms with Gasteiger partial charge in [0.15, 0.2) is 5.78 Å². The molecule has 4 aliphatic rings. The minimum Gasteiger partial charge on any atom is -0.497 e. The molecule has 4 aliphatic heterocycles. The SMILES string of the molecule is COc1ccc(C(=O)[C@@H]2[C@@H]3CCCN3[C@]3(C(=O)Nc4ccc(C)cc43)[C@@]23C(=O)Nc2ccccc23)c(OC)c1. The van der Waals surface area contributed by atoms with Crippen molar-refractivity contribution in [2.75, 3.05) is 31.4 Å². The van der Waals surface area contributed by atoms with E-state index in [1.165, 1.54) is 7.11 Å². The summed E-state index contributed by atoms with van der Waals surface area (Å²) in [6, 6.07) is 18.1. The van der Waals surface area contributed by atoms with Crippen LogP contribution in [0.25, 0.3) is 0 Å². The average molecular weight is 524 g/mol. The van der Waals surface area contributed by atoms with Gasteiger partial charge in [-0.3, -0.25) is 19.3 Å². The Bertz CT molecular complexity index is 1580. The van der Waals surface area contributed by atoms with Gasteiger partial charge in [0.25, 0.3) is 5.91 Å². The summed E-state index contributed by atoms with van der Waals surface area (Å²) in [4.78, 5) is 46.0. The van der Waals surface area contributed by atoms with E-state index in [2.05, 4.69) is 15.5 Å². The number of hydrogen-bond donors (Lipinski definition) is 2. The molecule has 0 saturated carbocycles. The van der Waals surface area contributed by atoms with Crippen LogP contribution in [0.15, 0.2) is 60.7 Å². The number of ketones is 1. The summed E-state index contributed by atoms with van der Waals surface area (Å²) in [5, 5.41) is 6.17. The molecule has 8 heteroatoms. The van der Waals surface area contributed by atoms with Gasteiger partial charge in [-0.1, -0.05) is 35.9 Å². The number of hydrogen-bond acceptors (Lipinski definition) is 6. The Hall–Kier alpha value is -4.17. The number of anilines is 2. The van der Waals surface area contributed by atoms with Gasteiger partial charge >= 0.3 is 0 Å². The Morgan fingerprint density at radius 3 is 2.49 bits per heavy atom. The monoisotopic (exact) mass is 523 g/mol. The van der Waals surface area contributed by atoms with Crippen LogP contribution in [0, 0.1) is 12.8 Å². The van der Waals surface area contributed by atoms with Gasteiger partial charge in [-0.2, -0.15) is 0 Å². The summed E-state index contributed by atoms with van der Waals surface area (Å²) < 4.78 is 11.0. The Labute approximate surface area is 226 Å². The predicted octanol–water partition coefficient (Wildman–Crippen LogP) is 4.03. The molecule has 0 unspecified atom stereocenters. The molecule has 3 aromatic rings. The van der Waals surface area contributed by atoms with Crippen LogP contribution < -0.4 is 20.1 Å². The summed E-state index contributed by atoms with van der Waals surface area (Å²) in [5.74, 6) is -0.703. The van der Waals surface area contributed by atoms with Gasteiger partial charge in [-0.05, 0) is 56.1 Å². The molecule has 7 rings (SSSR count). The number of benzene rings is 3. The van der Waals surface area contributed by atoms with Gasteiger partial charge in [0, 0.05) is 29.0 Å². The van der Waals surface area contributed by atoms with Crippen molar-refractivity contribution in [1.82, 2.24) is 4.90 Å². The number of carbonyl (C=O) groups excluding carboxylic acids is 3. The number of nitrogens with zero attached hydrogens (tertiary/aromatic N) is 1. The molecule has 2 spiro atoms. The highest BCUT2D eigenvalue weighted by Gasteiger charge is 2.81. The summed E-state index contributed by atoms with van der Waals surface area (Å²) in [6.45, 7) is 2.58. The lowest BCUT2D eigenvalue weighted by Crippen LogP contribution is -2.62. The van der Waals surface area contributed by atoms with Crippen molar-refractivity contribution in [3.63, 3.8) is 0 Å². The van der Waals surface area contributed by atoms with Gasteiger partial charge in [-0.15, -0.1) is 0 Å². The third-order valence-electron chi connectivity index (χ3n) is 9.21. The van der Waals surface area contributed by atoms with Crippen LogP contribution in [0.5, 0.6) is 11.5 Å². The predicted molar refractivity (Wildman–Crippen MR) is 145 cm³/mol. The van der Waals surface area contributed by atoms with Crippen LogP contribution in [-0.4, -0.2) is 49.3 Å². The Morgan fingerprint density at radius 1 is 0.923 bits per heavy atom. The quantitative estimate of drug-likeness (QED) is 0.502. The highest BCUT2D eigenvalue weighted by atomic mass is 16.5. The van der Waals surface area contributed by atoms with E-state index in [9.17, 15) is 14.4 Å². The van der Waals surface area contributed by atoms with Gasteiger partial charge in [0.2, 0.25) is 5.91 Å². The molecule has 0 aromatic heterocycles. The second-order valence-electron chi connectivity index (χ2n) is 10.8. The van der Waals surface area contributed by atoms with Gasteiger partial charge in [0.05, 0.1) is 25.7 Å². The van der Waals surface area contributed by atoms with Crippen molar-refractivity contribution >= 4 is 29.0 Å². The van der Waals surface area contributed by atoms with E-state index < -0.39 is 16.9 Å². The minimum absolute atomic E-state index is 0.218. The summed E-state index contributed by atoms with van der Waals surface area (Å²) >= 11 is 0. The molecule has 2 fully saturated rings. The third-order valence-corrected chi connectivity index (χ3v) is 9.21. The number of rotatable bonds is 4. The number of fused-ring (bicyclic) bond motifs is 7. The first kappa shape index (κ1) is 23.9. The summed E-state index contributed by atoms with van der Waals surface area (Å²) in [7, 11) is 3.07. The number of carbonyl (C=O) groups is 3. The molecule has 2 amide bonds. The Morgan fingerprint density at radius 2 is 1.69 bits per heavy atom. The van der Waals surface area contributed by atoms with Crippen LogP contribution in [-0.2, 0) is 20.5 Å². The normalized spacial score (nSPS) is 28.3. The number of Topliss-reactive ketones (excluding diaryl/α,β-unsaturated/α-hetero) is 1. The number of nitrogens with one attached hydrogen (secondary N) is 2. The lowest BCUT2D eigenvalue weighted by Gasteiger charge is -2.43. The molecular formula is C31H29N3O5. The first-order valence-electron chi connectivity index (χ1n) is 13.3. The van der Waals surface area contributed by atoms with E-state index in [1.807, 2.05) is 49.4 Å². The molecule has 3 aromatic carbocycles. The fraction of sp³-hybridized carbons (Fsp3) is 0.323. The maximum absolute atomic E-state index is 14.9. The van der Waals surface area contributed by atoms with Crippen molar-refractivity contribution in [2.45, 2.75) is 36.8 Å². The Balaban J connectivity index is 1.57. The van der Waals surface area contributed by atoms with Crippen LogP contribution in [0.1, 0.15) is 39.9 Å². The van der Waals surface area contributed by atoms with E-state index in [0.717, 1.165) is 17.5 Å². The average Bonchev–Trinajstić information content (AvgIpc) is 3.66. The molecule has 0 bridgehead atoms. The summed E-state index contributed by atoms with van der Waals surface area (Å²) in [6.07, 6.45) is 1.52. The van der Waals surface area contributed by atoms with E-state index in [4.69, 9.17) is 9.47 Å². The fourth-order valence-corrected chi connectivity index (χ4v) is 7.86. The lowest BCUT2D eigenvalue weighted by atomic mass is 9.57. The molecule has 2 saturated heterocycles. The van der Waals surface area contributed by atoms with Crippen LogP contribution in [0.3, 0.4) is 0 Å². The fourth-order valence-electron chi connectivity index (χ4n) is 7.86. The van der Waals surface area contributed by atoms with E-state index in [-0.39, 0.29) is 23.6 Å². The van der Waals surface area contributed by atoms with Crippen molar-refractivity contribution in [3.8, 4) is 11.5 Å². The first-order chi connectivity index (χ1) is 18.9. The molecule has 4 atom stereocenters. The second-order valence-corrected chi connectivity index (χ2v) is 10.8. The maximum Gasteiger partial charge on any atom is 0.251 e. The zero-order valence-electron chi connectivity index (χ0n) is 22.0. The molecule has 2 N–H and O–H groups in total. The van der Waals surface area contributed by atoms with E-state index >= 15 is 0 Å². The number of methoxy groups -OCH3 is 2. The molecule has 0 aliphatic carbocycles. The highest BCUT2D eigenvalue weighted by molar-refractivity contribution is 6.21. The minimum atomic E-state index is -1.49. The smallest absolute Gasteiger partial charge is 0.251 e. The standard InChI is InChI=1S/C31H29N3O5/c1-17-10-13-23-21(15-17)31(29(37)33-23)30(20-7-4-5-8-22(20)32-28(30)36)26(24-9-6-14-34(24)31)27(35)19-12-11-18(38-2)16-25(19)39-3/h4-5,7-8,10-13,15-16,24,26H,6,9,14H2,1-3H3,(H,32,36)(H,33,37)/t24-,26-,30+,31+/m0/s1. The van der Waals surface area contributed by atoms with E-state index in [0.29, 0.717) is 47.0 Å². The van der Waals surface area contributed by atoms with Crippen LogP contribution >= 0.6 is 0 Å². The lowest BCUT2D eigenvalue weighted by molar-refractivity contribution is -0.137. The number of ether oxygens (including phenoxy) is 2. The number of aryl methyl sites for hydroxylation is 1. The van der Waals surface area contributed by atoms with Crippen LogP contribution in [0.2, 0.25) is 0 Å². The van der Waals surface area contributed by atoms with Crippen molar-refractivity contribution in [3.05, 3.63) is 82.9 Å². The zero-order chi connectivity index (χ0) is 27.1. The van der Waals surface area contributed by atoms with Crippen molar-refractivity contribution in [2.24, 2.45) is 5.92 Å². The first-order valence-corrected chi connectivity index (χ1v) is 13.3. The Kier molecular flexibility index (Phi) is 5.01. The maximum atomic E-state index is 14.9. The largest absolute Gasteiger partial charge is 0.497 e. The van der Waals surface area contributed by atoms with Crippen molar-refractivity contribution < 1.29 is 23.9 Å². The summed E-state index contributed by atoms with van der Waals surface area (Å²) in [5.41, 5.74) is 1.23. The molecule has 198 valence electrons. The topological polar surface area (TPSA) is 97.0 Å². The van der Waals surface area contributed by atoms with Gasteiger partial charge in [0.1, 0.15) is 22.5 Å². The second kappa shape index (κ2) is 8.16. The molecular weight excluding hydrogens is 494 g/mol. The van der Waals surface area contributed by atoms with Gasteiger partial charge < -0.3 is 20.1 Å². The van der Waals surface area contributed by atoms with E-state index in [1.54, 1.807) is 25.3 Å². The van der Waals surface area contributed by atoms with Crippen molar-refractivity contribution in [1.29, 1.82) is 0 Å². The molecule has 8 nitrogen and oxygen atoms in total. The van der Waals surface area contributed by atoms with Gasteiger partial charge in [-0.25, -0.2) is 0 Å². The third kappa shape index (κ3) is 2.74. The molecule has 39 heavy (non-hydrogen) atoms. The number of para-hydroxylation sites is 1. The highest BCUT2D eigenvalue weighted by Crippen LogP contribution is 2.68. The number of amides is 2.